The average molecular weight is 264 g/mol. The largest absolute Gasteiger partial charge is 0.317 e. The molecule has 3 rings (SSSR count). The van der Waals surface area contributed by atoms with Crippen LogP contribution in [0.1, 0.15) is 24.0 Å². The van der Waals surface area contributed by atoms with E-state index in [0.717, 1.165) is 13.1 Å². The van der Waals surface area contributed by atoms with Crippen LogP contribution in [0.4, 0.5) is 0 Å². The molecule has 2 aliphatic rings. The van der Waals surface area contributed by atoms with Gasteiger partial charge in [-0.05, 0) is 43.1 Å². The summed E-state index contributed by atoms with van der Waals surface area (Å²) in [7, 11) is 0. The second-order valence-electron chi connectivity index (χ2n) is 4.44. The van der Waals surface area contributed by atoms with Crippen LogP contribution in [0, 0.1) is 0 Å². The summed E-state index contributed by atoms with van der Waals surface area (Å²) in [5, 5.41) is 3.44. The van der Waals surface area contributed by atoms with Crippen LogP contribution in [-0.4, -0.2) is 13.1 Å². The van der Waals surface area contributed by atoms with Crippen LogP contribution < -0.4 is 5.32 Å². The smallest absolute Gasteiger partial charge is 0.0250 e. The van der Waals surface area contributed by atoms with Crippen molar-refractivity contribution in [2.75, 3.05) is 13.1 Å². The number of piperidine rings is 1. The third-order valence-electron chi connectivity index (χ3n) is 3.65. The molecule has 0 atom stereocenters. The Morgan fingerprint density at radius 1 is 1.20 bits per heavy atom. The van der Waals surface area contributed by atoms with Gasteiger partial charge in [0.2, 0.25) is 0 Å². The molecule has 1 aliphatic carbocycles. The van der Waals surface area contributed by atoms with Crippen molar-refractivity contribution in [1.29, 1.82) is 0 Å². The van der Waals surface area contributed by atoms with Gasteiger partial charge in [-0.3, -0.25) is 0 Å². The molecule has 1 aromatic rings. The Labute approximate surface area is 98.7 Å². The van der Waals surface area contributed by atoms with Crippen molar-refractivity contribution in [3.05, 3.63) is 39.9 Å². The zero-order valence-corrected chi connectivity index (χ0v) is 10.2. The highest BCUT2D eigenvalue weighted by molar-refractivity contribution is 9.10. The van der Waals surface area contributed by atoms with E-state index in [4.69, 9.17) is 0 Å². The van der Waals surface area contributed by atoms with Gasteiger partial charge >= 0.3 is 0 Å². The summed E-state index contributed by atoms with van der Waals surface area (Å²) in [6.45, 7) is 2.27. The second-order valence-corrected chi connectivity index (χ2v) is 5.29. The van der Waals surface area contributed by atoms with Crippen molar-refractivity contribution in [3.8, 4) is 0 Å². The van der Waals surface area contributed by atoms with Gasteiger partial charge in [0.15, 0.2) is 0 Å². The topological polar surface area (TPSA) is 12.0 Å². The molecule has 0 radical (unpaired) electrons. The van der Waals surface area contributed by atoms with Gasteiger partial charge in [-0.2, -0.15) is 0 Å². The van der Waals surface area contributed by atoms with Gasteiger partial charge in [-0.25, -0.2) is 0 Å². The van der Waals surface area contributed by atoms with Crippen LogP contribution >= 0.6 is 15.9 Å². The molecular formula is C13H14BrN. The maximum absolute atomic E-state index is 3.63. The van der Waals surface area contributed by atoms with E-state index in [1.807, 2.05) is 0 Å². The Morgan fingerprint density at radius 2 is 2.00 bits per heavy atom. The summed E-state index contributed by atoms with van der Waals surface area (Å²) in [5.41, 5.74) is 3.22. The van der Waals surface area contributed by atoms with E-state index in [1.54, 1.807) is 0 Å². The van der Waals surface area contributed by atoms with Gasteiger partial charge in [0.05, 0.1) is 0 Å². The highest BCUT2D eigenvalue weighted by atomic mass is 79.9. The number of allylic oxidation sites excluding steroid dienone is 1. The summed E-state index contributed by atoms with van der Waals surface area (Å²) in [6, 6.07) is 6.56. The predicted octanol–water partition coefficient (Wildman–Crippen LogP) is 3.10. The van der Waals surface area contributed by atoms with Gasteiger partial charge in [0, 0.05) is 9.89 Å². The lowest BCUT2D eigenvalue weighted by atomic mass is 9.75. The van der Waals surface area contributed by atoms with Crippen molar-refractivity contribution < 1.29 is 0 Å². The number of halogens is 1. The number of benzene rings is 1. The Hall–Kier alpha value is -0.600. The molecule has 1 N–H and O–H groups in total. The van der Waals surface area contributed by atoms with Crippen molar-refractivity contribution in [2.24, 2.45) is 0 Å². The molecule has 1 aromatic carbocycles. The zero-order valence-electron chi connectivity index (χ0n) is 8.59. The lowest BCUT2D eigenvalue weighted by Crippen LogP contribution is -2.37. The van der Waals surface area contributed by atoms with Gasteiger partial charge < -0.3 is 5.32 Å². The second kappa shape index (κ2) is 3.46. The summed E-state index contributed by atoms with van der Waals surface area (Å²) in [6.07, 6.45) is 7.15. The van der Waals surface area contributed by atoms with Crippen LogP contribution in [0.25, 0.3) is 6.08 Å². The predicted molar refractivity (Wildman–Crippen MR) is 67.0 cm³/mol. The first-order valence-corrected chi connectivity index (χ1v) is 6.30. The monoisotopic (exact) mass is 263 g/mol. The molecule has 78 valence electrons. The fraction of sp³-hybridized carbons (Fsp3) is 0.385. The number of hydrogen-bond donors (Lipinski definition) is 1. The lowest BCUT2D eigenvalue weighted by molar-refractivity contribution is 0.378. The molecule has 2 heteroatoms. The SMILES string of the molecule is Brc1cccc2c1C=CC21CCNCC1. The number of rotatable bonds is 0. The first-order chi connectivity index (χ1) is 7.32. The minimum absolute atomic E-state index is 0.324. The zero-order chi connectivity index (χ0) is 10.3. The van der Waals surface area contributed by atoms with Crippen molar-refractivity contribution >= 4 is 22.0 Å². The van der Waals surface area contributed by atoms with Crippen LogP contribution in [-0.2, 0) is 5.41 Å². The normalized spacial score (nSPS) is 21.9. The maximum atomic E-state index is 3.63. The molecule has 0 aromatic heterocycles. The average Bonchev–Trinajstić information content (AvgIpc) is 2.61. The number of hydrogen-bond acceptors (Lipinski definition) is 1. The lowest BCUT2D eigenvalue weighted by Gasteiger charge is -2.33. The first kappa shape index (κ1) is 9.61. The molecule has 1 nitrogen and oxygen atoms in total. The molecule has 15 heavy (non-hydrogen) atoms. The molecule has 1 fully saturated rings. The Morgan fingerprint density at radius 3 is 2.80 bits per heavy atom. The Bertz CT molecular complexity index is 417. The standard InChI is InChI=1S/C13H14BrN/c14-12-3-1-2-11-10(12)4-5-13(11)6-8-15-9-7-13/h1-5,15H,6-9H2. The van der Waals surface area contributed by atoms with E-state index in [2.05, 4.69) is 51.6 Å². The fourth-order valence-electron chi connectivity index (χ4n) is 2.78. The quantitative estimate of drug-likeness (QED) is 0.759. The van der Waals surface area contributed by atoms with Gasteiger partial charge in [0.1, 0.15) is 0 Å². The molecule has 1 aliphatic heterocycles. The molecule has 0 amide bonds. The molecule has 0 saturated carbocycles. The van der Waals surface area contributed by atoms with E-state index in [-0.39, 0.29) is 0 Å². The van der Waals surface area contributed by atoms with Crippen molar-refractivity contribution in [2.45, 2.75) is 18.3 Å². The molecule has 0 unspecified atom stereocenters. The molecule has 1 heterocycles. The summed E-state index contributed by atoms with van der Waals surface area (Å²) in [4.78, 5) is 0. The summed E-state index contributed by atoms with van der Waals surface area (Å²) >= 11 is 3.63. The van der Waals surface area contributed by atoms with Crippen molar-refractivity contribution in [3.63, 3.8) is 0 Å². The first-order valence-electron chi connectivity index (χ1n) is 5.51. The number of fused-ring (bicyclic) bond motifs is 2. The van der Waals surface area contributed by atoms with Gasteiger partial charge in [-0.15, -0.1) is 0 Å². The van der Waals surface area contributed by atoms with Crippen LogP contribution in [0.5, 0.6) is 0 Å². The van der Waals surface area contributed by atoms with Gasteiger partial charge in [0.25, 0.3) is 0 Å². The fourth-order valence-corrected chi connectivity index (χ4v) is 3.28. The van der Waals surface area contributed by atoms with Crippen LogP contribution in [0.15, 0.2) is 28.7 Å². The van der Waals surface area contributed by atoms with Crippen LogP contribution in [0.2, 0.25) is 0 Å². The Kier molecular flexibility index (Phi) is 2.22. The van der Waals surface area contributed by atoms with Gasteiger partial charge in [-0.1, -0.05) is 40.2 Å². The Balaban J connectivity index is 2.11. The molecule has 0 bridgehead atoms. The summed E-state index contributed by atoms with van der Waals surface area (Å²) in [5.74, 6) is 0. The van der Waals surface area contributed by atoms with E-state index in [1.165, 1.54) is 28.4 Å². The van der Waals surface area contributed by atoms with Crippen molar-refractivity contribution in [1.82, 2.24) is 5.32 Å². The van der Waals surface area contributed by atoms with Crippen LogP contribution in [0.3, 0.4) is 0 Å². The van der Waals surface area contributed by atoms with E-state index < -0.39 is 0 Å². The highest BCUT2D eigenvalue weighted by Gasteiger charge is 2.36. The third kappa shape index (κ3) is 1.39. The minimum atomic E-state index is 0.324. The van der Waals surface area contributed by atoms with E-state index in [0.29, 0.717) is 5.41 Å². The van der Waals surface area contributed by atoms with E-state index >= 15 is 0 Å². The number of nitrogens with one attached hydrogen (secondary N) is 1. The summed E-state index contributed by atoms with van der Waals surface area (Å²) < 4.78 is 1.23. The minimum Gasteiger partial charge on any atom is -0.317 e. The third-order valence-corrected chi connectivity index (χ3v) is 4.35. The molecular weight excluding hydrogens is 250 g/mol. The maximum Gasteiger partial charge on any atom is 0.0250 e. The highest BCUT2D eigenvalue weighted by Crippen LogP contribution is 2.44. The van der Waals surface area contributed by atoms with E-state index in [9.17, 15) is 0 Å². The molecule has 1 spiro atoms. The molecule has 1 saturated heterocycles.